The first-order chi connectivity index (χ1) is 13.3. The second kappa shape index (κ2) is 7.99. The smallest absolute Gasteiger partial charge is 0.243 e. The number of benzene rings is 2. The highest BCUT2D eigenvalue weighted by Crippen LogP contribution is 2.25. The molecular formula is C19H21N3O5S. The fourth-order valence-electron chi connectivity index (χ4n) is 2.67. The molecule has 0 amide bonds. The summed E-state index contributed by atoms with van der Waals surface area (Å²) in [6.45, 7) is 1.74. The molecule has 0 fully saturated rings. The maximum Gasteiger partial charge on any atom is 0.243 e. The zero-order valence-corrected chi connectivity index (χ0v) is 16.9. The summed E-state index contributed by atoms with van der Waals surface area (Å²) >= 11 is 0. The number of methoxy groups -OCH3 is 2. The zero-order chi connectivity index (χ0) is 20.3. The summed E-state index contributed by atoms with van der Waals surface area (Å²) in [5.74, 6) is 1.84. The molecule has 0 N–H and O–H groups in total. The Morgan fingerprint density at radius 3 is 2.57 bits per heavy atom. The number of nitrogens with zero attached hydrogens (tertiary/aromatic N) is 3. The lowest BCUT2D eigenvalue weighted by Crippen LogP contribution is -2.26. The topological polar surface area (TPSA) is 94.8 Å². The maximum atomic E-state index is 12.8. The van der Waals surface area contributed by atoms with Crippen molar-refractivity contribution < 1.29 is 22.4 Å². The molecule has 3 aromatic rings. The Labute approximate surface area is 163 Å². The molecule has 28 heavy (non-hydrogen) atoms. The Hall–Kier alpha value is -2.91. The molecule has 0 aliphatic rings. The van der Waals surface area contributed by atoms with Crippen LogP contribution in [0.25, 0.3) is 11.4 Å². The molecule has 148 valence electrons. The van der Waals surface area contributed by atoms with Gasteiger partial charge in [-0.05, 0) is 42.8 Å². The molecule has 9 heteroatoms. The molecule has 0 saturated carbocycles. The van der Waals surface area contributed by atoms with Crippen LogP contribution < -0.4 is 9.47 Å². The van der Waals surface area contributed by atoms with Gasteiger partial charge in [-0.25, -0.2) is 8.42 Å². The van der Waals surface area contributed by atoms with Gasteiger partial charge in [0.25, 0.3) is 0 Å². The van der Waals surface area contributed by atoms with Gasteiger partial charge in [-0.1, -0.05) is 17.3 Å². The predicted octanol–water partition coefficient (Wildman–Crippen LogP) is 2.88. The Kier molecular flexibility index (Phi) is 5.66. The normalized spacial score (nSPS) is 11.6. The standard InChI is InChI=1S/C19H21N3O5S/c1-13-10-16(8-9-17(13)26-4)28(23,24)22(2)12-18-20-19(21-27-18)14-6-5-7-15(11-14)25-3/h5-11H,12H2,1-4H3. The summed E-state index contributed by atoms with van der Waals surface area (Å²) < 4.78 is 42.4. The first-order valence-corrected chi connectivity index (χ1v) is 9.87. The summed E-state index contributed by atoms with van der Waals surface area (Å²) in [4.78, 5) is 4.46. The SMILES string of the molecule is COc1cccc(-c2noc(CN(C)S(=O)(=O)c3ccc(OC)c(C)c3)n2)c1. The number of aromatic nitrogens is 2. The second-order valence-corrected chi connectivity index (χ2v) is 8.18. The van der Waals surface area contributed by atoms with Gasteiger partial charge in [0.1, 0.15) is 11.5 Å². The third-order valence-electron chi connectivity index (χ3n) is 4.23. The molecule has 0 radical (unpaired) electrons. The average Bonchev–Trinajstić information content (AvgIpc) is 3.16. The lowest BCUT2D eigenvalue weighted by atomic mass is 10.2. The molecule has 0 atom stereocenters. The summed E-state index contributed by atoms with van der Waals surface area (Å²) in [5, 5.41) is 3.93. The predicted molar refractivity (Wildman–Crippen MR) is 103 cm³/mol. The van der Waals surface area contributed by atoms with Crippen molar-refractivity contribution >= 4 is 10.0 Å². The molecule has 0 unspecified atom stereocenters. The van der Waals surface area contributed by atoms with Gasteiger partial charge in [0.2, 0.25) is 21.7 Å². The van der Waals surface area contributed by atoms with E-state index in [2.05, 4.69) is 10.1 Å². The molecule has 0 aliphatic heterocycles. The molecule has 1 aromatic heterocycles. The molecule has 8 nitrogen and oxygen atoms in total. The fourth-order valence-corrected chi connectivity index (χ4v) is 3.87. The molecule has 0 saturated heterocycles. The quantitative estimate of drug-likeness (QED) is 0.599. The number of rotatable bonds is 7. The molecule has 0 aliphatic carbocycles. The van der Waals surface area contributed by atoms with E-state index < -0.39 is 10.0 Å². The Bertz CT molecular complexity index is 1080. The van der Waals surface area contributed by atoms with E-state index >= 15 is 0 Å². The van der Waals surface area contributed by atoms with Crippen LogP contribution in [0, 0.1) is 6.92 Å². The highest BCUT2D eigenvalue weighted by Gasteiger charge is 2.24. The van der Waals surface area contributed by atoms with E-state index in [4.69, 9.17) is 14.0 Å². The van der Waals surface area contributed by atoms with E-state index in [1.807, 2.05) is 18.2 Å². The molecular weight excluding hydrogens is 382 g/mol. The number of hydrogen-bond donors (Lipinski definition) is 0. The van der Waals surface area contributed by atoms with Crippen LogP contribution in [0.5, 0.6) is 11.5 Å². The second-order valence-electron chi connectivity index (χ2n) is 6.14. The van der Waals surface area contributed by atoms with Crippen LogP contribution in [0.4, 0.5) is 0 Å². The molecule has 2 aromatic carbocycles. The van der Waals surface area contributed by atoms with Gasteiger partial charge in [0.05, 0.1) is 25.7 Å². The van der Waals surface area contributed by atoms with E-state index in [0.717, 1.165) is 9.87 Å². The Morgan fingerprint density at radius 1 is 1.11 bits per heavy atom. The number of sulfonamides is 1. The van der Waals surface area contributed by atoms with Gasteiger partial charge in [-0.3, -0.25) is 0 Å². The first kappa shape index (κ1) is 19.8. The summed E-state index contributed by atoms with van der Waals surface area (Å²) in [6, 6.07) is 11.9. The van der Waals surface area contributed by atoms with Crippen molar-refractivity contribution in [2.45, 2.75) is 18.4 Å². The zero-order valence-electron chi connectivity index (χ0n) is 16.0. The van der Waals surface area contributed by atoms with Crippen LogP contribution in [0.1, 0.15) is 11.5 Å². The number of aryl methyl sites for hydroxylation is 1. The Balaban J connectivity index is 1.80. The van der Waals surface area contributed by atoms with Crippen LogP contribution in [0.15, 0.2) is 51.9 Å². The Morgan fingerprint density at radius 2 is 1.89 bits per heavy atom. The molecule has 3 rings (SSSR count). The molecule has 0 bridgehead atoms. The van der Waals surface area contributed by atoms with Crippen molar-refractivity contribution in [1.29, 1.82) is 0 Å². The minimum atomic E-state index is -3.72. The van der Waals surface area contributed by atoms with Gasteiger partial charge < -0.3 is 14.0 Å². The van der Waals surface area contributed by atoms with Crippen LogP contribution in [-0.2, 0) is 16.6 Å². The van der Waals surface area contributed by atoms with E-state index in [0.29, 0.717) is 22.9 Å². The van der Waals surface area contributed by atoms with Crippen molar-refractivity contribution in [3.05, 3.63) is 53.9 Å². The third kappa shape index (κ3) is 4.00. The lowest BCUT2D eigenvalue weighted by molar-refractivity contribution is 0.336. The minimum absolute atomic E-state index is 0.0512. The monoisotopic (exact) mass is 403 g/mol. The van der Waals surface area contributed by atoms with Gasteiger partial charge in [0.15, 0.2) is 0 Å². The lowest BCUT2D eigenvalue weighted by Gasteiger charge is -2.16. The summed E-state index contributed by atoms with van der Waals surface area (Å²) in [6.07, 6.45) is 0. The highest BCUT2D eigenvalue weighted by molar-refractivity contribution is 7.89. The minimum Gasteiger partial charge on any atom is -0.497 e. The van der Waals surface area contributed by atoms with E-state index in [1.165, 1.54) is 20.2 Å². The average molecular weight is 403 g/mol. The van der Waals surface area contributed by atoms with E-state index in [9.17, 15) is 8.42 Å². The van der Waals surface area contributed by atoms with Crippen LogP contribution >= 0.6 is 0 Å². The van der Waals surface area contributed by atoms with E-state index in [1.54, 1.807) is 32.2 Å². The van der Waals surface area contributed by atoms with Crippen molar-refractivity contribution in [3.63, 3.8) is 0 Å². The third-order valence-corrected chi connectivity index (χ3v) is 6.03. The van der Waals surface area contributed by atoms with Crippen LogP contribution in [-0.4, -0.2) is 44.1 Å². The van der Waals surface area contributed by atoms with Crippen molar-refractivity contribution in [2.75, 3.05) is 21.3 Å². The van der Waals surface area contributed by atoms with Crippen molar-refractivity contribution in [1.82, 2.24) is 14.4 Å². The number of ether oxygens (including phenoxy) is 2. The van der Waals surface area contributed by atoms with Gasteiger partial charge >= 0.3 is 0 Å². The molecule has 0 spiro atoms. The maximum absolute atomic E-state index is 12.8. The van der Waals surface area contributed by atoms with Crippen LogP contribution in [0.2, 0.25) is 0 Å². The number of hydrogen-bond acceptors (Lipinski definition) is 7. The first-order valence-electron chi connectivity index (χ1n) is 8.43. The van der Waals surface area contributed by atoms with Crippen LogP contribution in [0.3, 0.4) is 0 Å². The molecule has 1 heterocycles. The van der Waals surface area contributed by atoms with E-state index in [-0.39, 0.29) is 17.3 Å². The largest absolute Gasteiger partial charge is 0.497 e. The highest BCUT2D eigenvalue weighted by atomic mass is 32.2. The van der Waals surface area contributed by atoms with Crippen molar-refractivity contribution in [2.24, 2.45) is 0 Å². The van der Waals surface area contributed by atoms with Crippen molar-refractivity contribution in [3.8, 4) is 22.9 Å². The summed E-state index contributed by atoms with van der Waals surface area (Å²) in [5.41, 5.74) is 1.45. The fraction of sp³-hybridized carbons (Fsp3) is 0.263. The van der Waals surface area contributed by atoms with Gasteiger partial charge in [-0.15, -0.1) is 0 Å². The van der Waals surface area contributed by atoms with Gasteiger partial charge in [-0.2, -0.15) is 9.29 Å². The van der Waals surface area contributed by atoms with Gasteiger partial charge in [0, 0.05) is 12.6 Å². The summed E-state index contributed by atoms with van der Waals surface area (Å²) in [7, 11) is 0.853.